The fourth-order valence-corrected chi connectivity index (χ4v) is 5.25. The fraction of sp³-hybridized carbons (Fsp3) is 0.133. The quantitative estimate of drug-likeness (QED) is 0.131. The van der Waals surface area contributed by atoms with E-state index in [-0.39, 0.29) is 11.4 Å². The zero-order valence-corrected chi connectivity index (χ0v) is 21.7. The summed E-state index contributed by atoms with van der Waals surface area (Å²) in [5.41, 5.74) is 5.10. The minimum Gasteiger partial charge on any atom is -0.341 e. The van der Waals surface area contributed by atoms with Crippen LogP contribution in [-0.4, -0.2) is 25.3 Å². The van der Waals surface area contributed by atoms with Crippen LogP contribution in [0, 0.1) is 31.6 Å². The van der Waals surface area contributed by atoms with Crippen LogP contribution in [0.2, 0.25) is 0 Å². The average Bonchev–Trinajstić information content (AvgIpc) is 3.47. The summed E-state index contributed by atoms with van der Waals surface area (Å²) in [7, 11) is 0. The topological polar surface area (TPSA) is 137 Å². The molecule has 6 rings (SSSR count). The van der Waals surface area contributed by atoms with E-state index in [2.05, 4.69) is 15.2 Å². The lowest BCUT2D eigenvalue weighted by Gasteiger charge is -2.02. The van der Waals surface area contributed by atoms with Gasteiger partial charge in [-0.1, -0.05) is 0 Å². The lowest BCUT2D eigenvalue weighted by atomic mass is 10.1. The molecular weight excluding hydrogens is 510 g/mol. The highest BCUT2D eigenvalue weighted by molar-refractivity contribution is 6.10. The van der Waals surface area contributed by atoms with Gasteiger partial charge in [-0.05, 0) is 62.4 Å². The molecule has 0 aliphatic rings. The van der Waals surface area contributed by atoms with E-state index in [1.807, 2.05) is 26.0 Å². The number of non-ortho nitro benzene ring substituents is 2. The molecule has 0 saturated carbocycles. The zero-order valence-electron chi connectivity index (χ0n) is 21.7. The number of nitro benzene ring substituents is 2. The summed E-state index contributed by atoms with van der Waals surface area (Å²) in [5, 5.41) is 34.2. The molecule has 10 heteroatoms. The van der Waals surface area contributed by atoms with Crippen LogP contribution >= 0.6 is 0 Å². The Morgan fingerprint density at radius 3 is 1.55 bits per heavy atom. The minimum atomic E-state index is -0.405. The highest BCUT2D eigenvalue weighted by atomic mass is 16.6. The standard InChI is InChI=1S/C15H11N3O2.C15H12N2O3/c1-2-17-14-5-3-10(9-16)7-12(14)13-8-11(18(19)20)4-6-15(13)17;1-2-16-14-5-3-10(9-18)7-12(14)13-8-11(17(19)20)4-6-15(13)16/h3-8H,2H2,1H3;3-9H,2H2,1H3. The van der Waals surface area contributed by atoms with Crippen molar-refractivity contribution in [2.75, 3.05) is 0 Å². The van der Waals surface area contributed by atoms with Crippen molar-refractivity contribution in [2.24, 2.45) is 0 Å². The van der Waals surface area contributed by atoms with Crippen LogP contribution in [0.1, 0.15) is 29.8 Å². The Labute approximate surface area is 227 Å². The van der Waals surface area contributed by atoms with Gasteiger partial charge >= 0.3 is 0 Å². The number of rotatable bonds is 5. The smallest absolute Gasteiger partial charge is 0.270 e. The molecule has 0 N–H and O–H groups in total. The molecule has 4 aromatic carbocycles. The maximum atomic E-state index is 10.9. The molecule has 0 bridgehead atoms. The van der Waals surface area contributed by atoms with Gasteiger partial charge in [0.1, 0.15) is 6.29 Å². The van der Waals surface area contributed by atoms with Crippen molar-refractivity contribution in [3.8, 4) is 6.07 Å². The van der Waals surface area contributed by atoms with E-state index >= 15 is 0 Å². The summed E-state index contributed by atoms with van der Waals surface area (Å²) in [4.78, 5) is 32.0. The number of aldehydes is 1. The van der Waals surface area contributed by atoms with Gasteiger partial charge in [-0.25, -0.2) is 0 Å². The van der Waals surface area contributed by atoms with Crippen molar-refractivity contribution in [3.05, 3.63) is 104 Å². The Balaban J connectivity index is 0.000000161. The summed E-state index contributed by atoms with van der Waals surface area (Å²) >= 11 is 0. The first-order chi connectivity index (χ1) is 19.3. The molecule has 0 spiro atoms. The number of nitro groups is 2. The lowest BCUT2D eigenvalue weighted by Crippen LogP contribution is -1.93. The van der Waals surface area contributed by atoms with Crippen molar-refractivity contribution < 1.29 is 14.6 Å². The molecule has 0 amide bonds. The van der Waals surface area contributed by atoms with E-state index in [1.165, 1.54) is 12.1 Å². The summed E-state index contributed by atoms with van der Waals surface area (Å²) in [6, 6.07) is 22.7. The molecule has 0 aliphatic carbocycles. The number of aromatic nitrogens is 2. The first-order valence-electron chi connectivity index (χ1n) is 12.6. The Bertz CT molecular complexity index is 2030. The van der Waals surface area contributed by atoms with E-state index in [1.54, 1.807) is 48.5 Å². The first-order valence-corrected chi connectivity index (χ1v) is 12.6. The molecule has 0 fully saturated rings. The second-order valence-electron chi connectivity index (χ2n) is 9.14. The van der Waals surface area contributed by atoms with E-state index in [4.69, 9.17) is 5.26 Å². The first kappa shape index (κ1) is 26.1. The number of hydrogen-bond acceptors (Lipinski definition) is 6. The van der Waals surface area contributed by atoms with Crippen molar-refractivity contribution in [1.29, 1.82) is 5.26 Å². The van der Waals surface area contributed by atoms with E-state index in [0.717, 1.165) is 63.0 Å². The van der Waals surface area contributed by atoms with Gasteiger partial charge < -0.3 is 9.13 Å². The third-order valence-electron chi connectivity index (χ3n) is 7.04. The molecule has 0 atom stereocenters. The summed E-state index contributed by atoms with van der Waals surface area (Å²) in [6.45, 7) is 5.58. The van der Waals surface area contributed by atoms with Gasteiger partial charge in [0.25, 0.3) is 11.4 Å². The zero-order chi connectivity index (χ0) is 28.6. The number of hydrogen-bond donors (Lipinski definition) is 0. The largest absolute Gasteiger partial charge is 0.341 e. The van der Waals surface area contributed by atoms with Crippen molar-refractivity contribution in [2.45, 2.75) is 26.9 Å². The minimum absolute atomic E-state index is 0.0594. The molecule has 40 heavy (non-hydrogen) atoms. The fourth-order valence-electron chi connectivity index (χ4n) is 5.25. The highest BCUT2D eigenvalue weighted by Gasteiger charge is 2.15. The van der Waals surface area contributed by atoms with Crippen molar-refractivity contribution in [3.63, 3.8) is 0 Å². The number of benzene rings is 4. The number of fused-ring (bicyclic) bond motifs is 6. The molecule has 0 unspecified atom stereocenters. The summed E-state index contributed by atoms with van der Waals surface area (Å²) < 4.78 is 4.18. The normalized spacial score (nSPS) is 10.9. The van der Waals surface area contributed by atoms with Gasteiger partial charge in [-0.15, -0.1) is 0 Å². The number of carbonyl (C=O) groups excluding carboxylic acids is 1. The van der Waals surface area contributed by atoms with Crippen LogP contribution in [0.3, 0.4) is 0 Å². The SMILES string of the molecule is CCn1c2ccc(C#N)cc2c2cc([N+](=O)[O-])ccc21.CCn1c2ccc(C=O)cc2c2cc([N+](=O)[O-])ccc21. The Hall–Kier alpha value is -5.56. The van der Waals surface area contributed by atoms with Gasteiger partial charge in [0.05, 0.1) is 21.5 Å². The van der Waals surface area contributed by atoms with Crippen molar-refractivity contribution >= 4 is 61.3 Å². The van der Waals surface area contributed by atoms with Crippen LogP contribution < -0.4 is 0 Å². The van der Waals surface area contributed by atoms with Crippen LogP contribution in [0.5, 0.6) is 0 Å². The molecule has 0 aliphatic heterocycles. The van der Waals surface area contributed by atoms with Gasteiger partial charge in [0.2, 0.25) is 0 Å². The third kappa shape index (κ3) is 4.29. The van der Waals surface area contributed by atoms with E-state index < -0.39 is 9.85 Å². The molecule has 0 saturated heterocycles. The van der Waals surface area contributed by atoms with Crippen LogP contribution in [0.25, 0.3) is 43.6 Å². The summed E-state index contributed by atoms with van der Waals surface area (Å²) in [5.74, 6) is 0. The maximum absolute atomic E-state index is 10.9. The predicted octanol–water partition coefficient (Wildman–Crippen LogP) is 7.13. The molecule has 2 aromatic heterocycles. The predicted molar refractivity (Wildman–Crippen MR) is 154 cm³/mol. The number of nitrogens with zero attached hydrogens (tertiary/aromatic N) is 5. The second-order valence-corrected chi connectivity index (χ2v) is 9.14. The number of carbonyl (C=O) groups is 1. The maximum Gasteiger partial charge on any atom is 0.270 e. The molecule has 10 nitrogen and oxygen atoms in total. The van der Waals surface area contributed by atoms with Gasteiger partial charge in [0.15, 0.2) is 0 Å². The van der Waals surface area contributed by atoms with Crippen LogP contribution in [-0.2, 0) is 13.1 Å². The van der Waals surface area contributed by atoms with E-state index in [0.29, 0.717) is 11.1 Å². The monoisotopic (exact) mass is 533 g/mol. The number of nitriles is 1. The average molecular weight is 534 g/mol. The Morgan fingerprint density at radius 2 is 1.12 bits per heavy atom. The molecular formula is C30H23N5O5. The Kier molecular flexibility index (Phi) is 6.71. The van der Waals surface area contributed by atoms with Gasteiger partial charge in [-0.3, -0.25) is 25.0 Å². The highest BCUT2D eigenvalue weighted by Crippen LogP contribution is 2.33. The van der Waals surface area contributed by atoms with Gasteiger partial charge in [0, 0.05) is 86.5 Å². The molecule has 0 radical (unpaired) electrons. The molecule has 6 aromatic rings. The van der Waals surface area contributed by atoms with Crippen LogP contribution in [0.4, 0.5) is 11.4 Å². The van der Waals surface area contributed by atoms with Gasteiger partial charge in [-0.2, -0.15) is 5.26 Å². The lowest BCUT2D eigenvalue weighted by molar-refractivity contribution is -0.384. The Morgan fingerprint density at radius 1 is 0.700 bits per heavy atom. The van der Waals surface area contributed by atoms with Crippen molar-refractivity contribution in [1.82, 2.24) is 9.13 Å². The molecule has 2 heterocycles. The second kappa shape index (κ2) is 10.3. The summed E-state index contributed by atoms with van der Waals surface area (Å²) in [6.07, 6.45) is 0.784. The molecule has 198 valence electrons. The van der Waals surface area contributed by atoms with E-state index in [9.17, 15) is 25.0 Å². The number of aryl methyl sites for hydroxylation is 2. The van der Waals surface area contributed by atoms with Crippen LogP contribution in [0.15, 0.2) is 72.8 Å². The third-order valence-corrected chi connectivity index (χ3v) is 7.04.